The molecule has 1 atom stereocenters. The van der Waals surface area contributed by atoms with E-state index in [0.717, 1.165) is 31.1 Å². The van der Waals surface area contributed by atoms with Crippen LogP contribution in [0.15, 0.2) is 18.3 Å². The minimum Gasteiger partial charge on any atom is -0.492 e. The summed E-state index contributed by atoms with van der Waals surface area (Å²) in [5, 5.41) is 0. The lowest BCUT2D eigenvalue weighted by atomic mass is 10.1. The van der Waals surface area contributed by atoms with E-state index < -0.39 is 0 Å². The lowest BCUT2D eigenvalue weighted by Gasteiger charge is -2.09. The Morgan fingerprint density at radius 3 is 3.07 bits per heavy atom. The summed E-state index contributed by atoms with van der Waals surface area (Å²) >= 11 is 5.64. The largest absolute Gasteiger partial charge is 0.492 e. The summed E-state index contributed by atoms with van der Waals surface area (Å²) in [4.78, 5) is 4.15. The van der Waals surface area contributed by atoms with Gasteiger partial charge in [0.05, 0.1) is 31.0 Å². The average molecular weight is 228 g/mol. The molecule has 2 heterocycles. The molecule has 2 rings (SSSR count). The highest BCUT2D eigenvalue weighted by Crippen LogP contribution is 2.16. The molecule has 0 radical (unpaired) electrons. The number of halogens is 1. The summed E-state index contributed by atoms with van der Waals surface area (Å²) in [6, 6.07) is 3.79. The lowest BCUT2D eigenvalue weighted by Crippen LogP contribution is -2.11. The summed E-state index contributed by atoms with van der Waals surface area (Å²) in [7, 11) is 0. The van der Waals surface area contributed by atoms with Crippen LogP contribution in [-0.2, 0) is 10.6 Å². The van der Waals surface area contributed by atoms with Gasteiger partial charge in [0.2, 0.25) is 0 Å². The molecule has 82 valence electrons. The van der Waals surface area contributed by atoms with Crippen LogP contribution in [0.2, 0.25) is 0 Å². The Kier molecular flexibility index (Phi) is 3.80. The van der Waals surface area contributed by atoms with Crippen LogP contribution in [0.3, 0.4) is 0 Å². The molecule has 4 heteroatoms. The Hall–Kier alpha value is -0.800. The molecule has 0 saturated carbocycles. The summed E-state index contributed by atoms with van der Waals surface area (Å²) in [5.41, 5.74) is 0.869. The molecule has 15 heavy (non-hydrogen) atoms. The molecular formula is C11H14ClNO2. The molecule has 1 fully saturated rings. The Morgan fingerprint density at radius 1 is 1.53 bits per heavy atom. The molecule has 1 aliphatic rings. The van der Waals surface area contributed by atoms with Crippen LogP contribution in [-0.4, -0.2) is 24.8 Å². The van der Waals surface area contributed by atoms with Crippen LogP contribution in [0.5, 0.6) is 5.75 Å². The van der Waals surface area contributed by atoms with Crippen LogP contribution < -0.4 is 4.74 Å². The van der Waals surface area contributed by atoms with Crippen molar-refractivity contribution in [1.82, 2.24) is 4.98 Å². The van der Waals surface area contributed by atoms with Gasteiger partial charge in [0, 0.05) is 12.5 Å². The Morgan fingerprint density at radius 2 is 2.47 bits per heavy atom. The SMILES string of the molecule is ClCc1ccc(OCC2CCOC2)cn1. The van der Waals surface area contributed by atoms with Gasteiger partial charge in [0.25, 0.3) is 0 Å². The minimum absolute atomic E-state index is 0.441. The highest BCUT2D eigenvalue weighted by atomic mass is 35.5. The molecule has 0 aromatic carbocycles. The third kappa shape index (κ3) is 3.08. The molecule has 0 bridgehead atoms. The lowest BCUT2D eigenvalue weighted by molar-refractivity contribution is 0.167. The summed E-state index contributed by atoms with van der Waals surface area (Å²) < 4.78 is 10.9. The first-order valence-electron chi connectivity index (χ1n) is 5.10. The maximum Gasteiger partial charge on any atom is 0.137 e. The molecule has 0 amide bonds. The number of pyridine rings is 1. The number of alkyl halides is 1. The van der Waals surface area contributed by atoms with Gasteiger partial charge in [0.15, 0.2) is 0 Å². The van der Waals surface area contributed by atoms with Gasteiger partial charge in [-0.15, -0.1) is 11.6 Å². The van der Waals surface area contributed by atoms with Crippen LogP contribution in [0, 0.1) is 5.92 Å². The number of nitrogens with zero attached hydrogens (tertiary/aromatic N) is 1. The number of hydrogen-bond acceptors (Lipinski definition) is 3. The standard InChI is InChI=1S/C11H14ClNO2/c12-5-10-1-2-11(6-13-10)15-8-9-3-4-14-7-9/h1-2,6,9H,3-5,7-8H2. The van der Waals surface area contributed by atoms with Crippen molar-refractivity contribution in [2.24, 2.45) is 5.92 Å². The Labute approximate surface area is 94.4 Å². The summed E-state index contributed by atoms with van der Waals surface area (Å²) in [6.07, 6.45) is 2.81. The predicted molar refractivity (Wildman–Crippen MR) is 58.2 cm³/mol. The molecule has 1 saturated heterocycles. The summed E-state index contributed by atoms with van der Waals surface area (Å²) in [5.74, 6) is 1.77. The highest BCUT2D eigenvalue weighted by Gasteiger charge is 2.16. The van der Waals surface area contributed by atoms with E-state index in [1.165, 1.54) is 0 Å². The van der Waals surface area contributed by atoms with E-state index in [-0.39, 0.29) is 0 Å². The molecule has 1 aromatic heterocycles. The van der Waals surface area contributed by atoms with Crippen LogP contribution in [0.1, 0.15) is 12.1 Å². The first kappa shape index (κ1) is 10.7. The summed E-state index contributed by atoms with van der Waals surface area (Å²) in [6.45, 7) is 2.38. The van der Waals surface area contributed by atoms with Crippen molar-refractivity contribution in [3.63, 3.8) is 0 Å². The maximum absolute atomic E-state index is 5.64. The van der Waals surface area contributed by atoms with E-state index in [1.807, 2.05) is 12.1 Å². The zero-order valence-electron chi connectivity index (χ0n) is 8.49. The molecule has 1 aromatic rings. The van der Waals surface area contributed by atoms with Gasteiger partial charge in [-0.25, -0.2) is 0 Å². The van der Waals surface area contributed by atoms with Crippen molar-refractivity contribution >= 4 is 11.6 Å². The van der Waals surface area contributed by atoms with Gasteiger partial charge in [0.1, 0.15) is 5.75 Å². The number of ether oxygens (including phenoxy) is 2. The smallest absolute Gasteiger partial charge is 0.137 e. The molecule has 3 nitrogen and oxygen atoms in total. The van der Waals surface area contributed by atoms with Gasteiger partial charge in [-0.05, 0) is 18.6 Å². The molecule has 0 N–H and O–H groups in total. The number of hydrogen-bond donors (Lipinski definition) is 0. The fourth-order valence-electron chi connectivity index (χ4n) is 1.50. The normalized spacial score (nSPS) is 20.5. The molecule has 0 spiro atoms. The molecule has 0 aliphatic carbocycles. The average Bonchev–Trinajstić information content (AvgIpc) is 2.80. The van der Waals surface area contributed by atoms with E-state index in [2.05, 4.69) is 4.98 Å². The number of rotatable bonds is 4. The first-order valence-corrected chi connectivity index (χ1v) is 5.63. The van der Waals surface area contributed by atoms with E-state index in [9.17, 15) is 0 Å². The van der Waals surface area contributed by atoms with E-state index in [1.54, 1.807) is 6.20 Å². The van der Waals surface area contributed by atoms with Crippen molar-refractivity contribution in [2.75, 3.05) is 19.8 Å². The van der Waals surface area contributed by atoms with Crippen LogP contribution >= 0.6 is 11.6 Å². The van der Waals surface area contributed by atoms with Gasteiger partial charge in [-0.1, -0.05) is 0 Å². The molecule has 1 unspecified atom stereocenters. The predicted octanol–water partition coefficient (Wildman–Crippen LogP) is 2.24. The fourth-order valence-corrected chi connectivity index (χ4v) is 1.66. The zero-order valence-corrected chi connectivity index (χ0v) is 9.24. The maximum atomic E-state index is 5.64. The van der Waals surface area contributed by atoms with Gasteiger partial charge < -0.3 is 9.47 Å². The second-order valence-electron chi connectivity index (χ2n) is 3.66. The zero-order chi connectivity index (χ0) is 10.5. The quantitative estimate of drug-likeness (QED) is 0.740. The van der Waals surface area contributed by atoms with Crippen molar-refractivity contribution in [1.29, 1.82) is 0 Å². The second-order valence-corrected chi connectivity index (χ2v) is 3.93. The third-order valence-corrected chi connectivity index (χ3v) is 2.72. The minimum atomic E-state index is 0.441. The highest BCUT2D eigenvalue weighted by molar-refractivity contribution is 6.16. The van der Waals surface area contributed by atoms with Crippen molar-refractivity contribution in [3.05, 3.63) is 24.0 Å². The van der Waals surface area contributed by atoms with Gasteiger partial charge >= 0.3 is 0 Å². The monoisotopic (exact) mass is 227 g/mol. The van der Waals surface area contributed by atoms with Gasteiger partial charge in [-0.3, -0.25) is 4.98 Å². The van der Waals surface area contributed by atoms with Crippen LogP contribution in [0.4, 0.5) is 0 Å². The second kappa shape index (κ2) is 5.33. The number of aromatic nitrogens is 1. The van der Waals surface area contributed by atoms with Crippen molar-refractivity contribution in [3.8, 4) is 5.75 Å². The molecular weight excluding hydrogens is 214 g/mol. The van der Waals surface area contributed by atoms with Gasteiger partial charge in [-0.2, -0.15) is 0 Å². The fraction of sp³-hybridized carbons (Fsp3) is 0.545. The van der Waals surface area contributed by atoms with Crippen molar-refractivity contribution in [2.45, 2.75) is 12.3 Å². The van der Waals surface area contributed by atoms with E-state index in [0.29, 0.717) is 18.4 Å². The topological polar surface area (TPSA) is 31.4 Å². The Bertz CT molecular complexity index is 296. The van der Waals surface area contributed by atoms with E-state index in [4.69, 9.17) is 21.1 Å². The van der Waals surface area contributed by atoms with Crippen molar-refractivity contribution < 1.29 is 9.47 Å². The van der Waals surface area contributed by atoms with Crippen LogP contribution in [0.25, 0.3) is 0 Å². The van der Waals surface area contributed by atoms with E-state index >= 15 is 0 Å². The molecule has 1 aliphatic heterocycles. The third-order valence-electron chi connectivity index (χ3n) is 2.44. The first-order chi connectivity index (χ1) is 7.38. The Balaban J connectivity index is 1.82.